The second-order valence-corrected chi connectivity index (χ2v) is 2.01. The van der Waals surface area contributed by atoms with Crippen LogP contribution in [0.25, 0.3) is 0 Å². The minimum atomic E-state index is -0.862. The third kappa shape index (κ3) is 13.8. The van der Waals surface area contributed by atoms with E-state index in [9.17, 15) is 4.79 Å². The largest absolute Gasteiger partial charge is 0.481 e. The Balaban J connectivity index is 0. The topological polar surface area (TPSA) is 90.8 Å². The normalized spacial score (nSPS) is 8.54. The minimum Gasteiger partial charge on any atom is -0.481 e. The van der Waals surface area contributed by atoms with Crippen molar-refractivity contribution in [2.24, 2.45) is 0 Å². The van der Waals surface area contributed by atoms with Crippen molar-refractivity contribution in [2.75, 3.05) is 26.4 Å². The first kappa shape index (κ1) is 14.4. The van der Waals surface area contributed by atoms with Crippen molar-refractivity contribution in [2.45, 2.75) is 6.42 Å². The minimum absolute atomic E-state index is 0. The van der Waals surface area contributed by atoms with Crippen LogP contribution < -0.4 is 6.15 Å². The van der Waals surface area contributed by atoms with Gasteiger partial charge in [-0.2, -0.15) is 0 Å². The molecule has 0 aromatic heterocycles. The van der Waals surface area contributed by atoms with Gasteiger partial charge < -0.3 is 20.7 Å². The molecular weight excluding hydrogens is 174 g/mol. The smallest absolute Gasteiger partial charge is 0.305 e. The molecule has 5 nitrogen and oxygen atoms in total. The molecule has 13 heavy (non-hydrogen) atoms. The Morgan fingerprint density at radius 1 is 1.31 bits per heavy atom. The Morgan fingerprint density at radius 3 is 2.46 bits per heavy atom. The van der Waals surface area contributed by atoms with Crippen molar-refractivity contribution in [1.29, 1.82) is 0 Å². The number of rotatable bonds is 7. The molecule has 0 amide bonds. The quantitative estimate of drug-likeness (QED) is 0.443. The van der Waals surface area contributed by atoms with Gasteiger partial charge in [-0.05, 0) is 0 Å². The number of aliphatic carboxylic acids is 1. The standard InChI is InChI=1S/C8H12O4.H3N/c1-2-4-11-6-7-12-5-3-8(9)10;/h1H,3-7H2,(H,9,10);1H3. The SMILES string of the molecule is C#CCOCCOCCC(=O)O.N. The van der Waals surface area contributed by atoms with E-state index in [4.69, 9.17) is 21.0 Å². The van der Waals surface area contributed by atoms with Crippen molar-refractivity contribution >= 4 is 5.97 Å². The highest BCUT2D eigenvalue weighted by atomic mass is 16.5. The van der Waals surface area contributed by atoms with E-state index < -0.39 is 5.97 Å². The third-order valence-electron chi connectivity index (χ3n) is 1.02. The van der Waals surface area contributed by atoms with Crippen LogP contribution in [0.15, 0.2) is 0 Å². The predicted molar refractivity (Wildman–Crippen MR) is 47.7 cm³/mol. The molecule has 0 saturated carbocycles. The van der Waals surface area contributed by atoms with Crippen LogP contribution in [0.4, 0.5) is 0 Å². The third-order valence-corrected chi connectivity index (χ3v) is 1.02. The molecule has 0 spiro atoms. The van der Waals surface area contributed by atoms with Gasteiger partial charge in [-0.1, -0.05) is 5.92 Å². The lowest BCUT2D eigenvalue weighted by Gasteiger charge is -2.01. The van der Waals surface area contributed by atoms with Gasteiger partial charge in [-0.25, -0.2) is 0 Å². The van der Waals surface area contributed by atoms with Crippen molar-refractivity contribution in [3.05, 3.63) is 0 Å². The molecule has 0 heterocycles. The number of hydrogen-bond donors (Lipinski definition) is 2. The van der Waals surface area contributed by atoms with E-state index in [0.29, 0.717) is 13.2 Å². The Kier molecular flexibility index (Phi) is 12.1. The lowest BCUT2D eigenvalue weighted by atomic mass is 10.5. The average molecular weight is 189 g/mol. The maximum Gasteiger partial charge on any atom is 0.305 e. The zero-order valence-corrected chi connectivity index (χ0v) is 7.49. The first-order valence-electron chi connectivity index (χ1n) is 3.58. The highest BCUT2D eigenvalue weighted by Crippen LogP contribution is 1.83. The van der Waals surface area contributed by atoms with Crippen molar-refractivity contribution in [1.82, 2.24) is 6.15 Å². The van der Waals surface area contributed by atoms with Crippen LogP contribution in [0.2, 0.25) is 0 Å². The zero-order valence-electron chi connectivity index (χ0n) is 7.49. The van der Waals surface area contributed by atoms with Crippen LogP contribution in [0, 0.1) is 12.3 Å². The van der Waals surface area contributed by atoms with Crippen LogP contribution in [0.3, 0.4) is 0 Å². The van der Waals surface area contributed by atoms with Crippen LogP contribution in [-0.2, 0) is 14.3 Å². The van der Waals surface area contributed by atoms with Gasteiger partial charge in [-0.3, -0.25) is 4.79 Å². The number of carboxylic acids is 1. The summed E-state index contributed by atoms with van der Waals surface area (Å²) in [6.45, 7) is 1.27. The Labute approximate surface area is 77.6 Å². The summed E-state index contributed by atoms with van der Waals surface area (Å²) < 4.78 is 9.80. The number of carbonyl (C=O) groups is 1. The Hall–Kier alpha value is -1.09. The highest BCUT2D eigenvalue weighted by molar-refractivity contribution is 5.66. The van der Waals surface area contributed by atoms with Gasteiger partial charge in [0.2, 0.25) is 0 Å². The lowest BCUT2D eigenvalue weighted by Crippen LogP contribution is -2.08. The molecule has 0 radical (unpaired) electrons. The van der Waals surface area contributed by atoms with Gasteiger partial charge in [0, 0.05) is 0 Å². The maximum absolute atomic E-state index is 10.00. The molecule has 0 aliphatic carbocycles. The van der Waals surface area contributed by atoms with Crippen LogP contribution in [0.1, 0.15) is 6.42 Å². The summed E-state index contributed by atoms with van der Waals surface area (Å²) >= 11 is 0. The molecule has 0 saturated heterocycles. The zero-order chi connectivity index (χ0) is 9.23. The lowest BCUT2D eigenvalue weighted by molar-refractivity contribution is -0.138. The van der Waals surface area contributed by atoms with E-state index in [-0.39, 0.29) is 25.8 Å². The molecular formula is C8H15NO4. The molecule has 0 aromatic carbocycles. The molecule has 0 unspecified atom stereocenters. The molecule has 4 N–H and O–H groups in total. The van der Waals surface area contributed by atoms with Gasteiger partial charge >= 0.3 is 5.97 Å². The van der Waals surface area contributed by atoms with Gasteiger partial charge in [0.1, 0.15) is 6.61 Å². The average Bonchev–Trinajstić information content (AvgIpc) is 2.02. The predicted octanol–water partition coefficient (Wildman–Crippen LogP) is 0.290. The molecule has 5 heteroatoms. The van der Waals surface area contributed by atoms with Gasteiger partial charge in [0.25, 0.3) is 0 Å². The van der Waals surface area contributed by atoms with Crippen molar-refractivity contribution in [3.63, 3.8) is 0 Å². The Bertz CT molecular complexity index is 164. The molecule has 0 atom stereocenters. The summed E-state index contributed by atoms with van der Waals surface area (Å²) in [6, 6.07) is 0. The highest BCUT2D eigenvalue weighted by Gasteiger charge is 1.95. The molecule has 0 fully saturated rings. The second-order valence-electron chi connectivity index (χ2n) is 2.01. The van der Waals surface area contributed by atoms with Crippen molar-refractivity contribution < 1.29 is 19.4 Å². The molecule has 0 aliphatic heterocycles. The van der Waals surface area contributed by atoms with Crippen molar-refractivity contribution in [3.8, 4) is 12.3 Å². The summed E-state index contributed by atoms with van der Waals surface area (Å²) in [4.78, 5) is 10.00. The van der Waals surface area contributed by atoms with E-state index in [1.165, 1.54) is 0 Å². The summed E-state index contributed by atoms with van der Waals surface area (Å²) in [7, 11) is 0. The van der Waals surface area contributed by atoms with Gasteiger partial charge in [0.05, 0.1) is 26.2 Å². The summed E-state index contributed by atoms with van der Waals surface area (Å²) in [6.07, 6.45) is 4.94. The Morgan fingerprint density at radius 2 is 1.92 bits per heavy atom. The summed E-state index contributed by atoms with van der Waals surface area (Å²) in [5.41, 5.74) is 0. The molecule has 76 valence electrons. The number of carboxylic acid groups (broad SMARTS) is 1. The van der Waals surface area contributed by atoms with Gasteiger partial charge in [0.15, 0.2) is 0 Å². The molecule has 0 rings (SSSR count). The number of terminal acetylenes is 1. The summed E-state index contributed by atoms with van der Waals surface area (Å²) in [5, 5.41) is 8.22. The molecule has 0 bridgehead atoms. The second kappa shape index (κ2) is 10.9. The number of ether oxygens (including phenoxy) is 2. The van der Waals surface area contributed by atoms with Gasteiger partial charge in [-0.15, -0.1) is 6.42 Å². The fraction of sp³-hybridized carbons (Fsp3) is 0.625. The first-order valence-corrected chi connectivity index (χ1v) is 3.58. The van der Waals surface area contributed by atoms with Crippen LogP contribution in [-0.4, -0.2) is 37.5 Å². The van der Waals surface area contributed by atoms with Crippen LogP contribution >= 0.6 is 0 Å². The summed E-state index contributed by atoms with van der Waals surface area (Å²) in [5.74, 6) is 1.44. The maximum atomic E-state index is 10.00. The monoisotopic (exact) mass is 189 g/mol. The van der Waals surface area contributed by atoms with Crippen LogP contribution in [0.5, 0.6) is 0 Å². The first-order chi connectivity index (χ1) is 5.77. The molecule has 0 aliphatic rings. The fourth-order valence-corrected chi connectivity index (χ4v) is 0.510. The van der Waals surface area contributed by atoms with E-state index >= 15 is 0 Å². The fourth-order valence-electron chi connectivity index (χ4n) is 0.510. The number of hydrogen-bond acceptors (Lipinski definition) is 4. The van der Waals surface area contributed by atoms with E-state index in [1.54, 1.807) is 0 Å². The van der Waals surface area contributed by atoms with E-state index in [1.807, 2.05) is 0 Å². The van der Waals surface area contributed by atoms with E-state index in [2.05, 4.69) is 5.92 Å². The van der Waals surface area contributed by atoms with E-state index in [0.717, 1.165) is 0 Å². The molecule has 0 aromatic rings.